The average molecular weight is 285 g/mol. The van der Waals surface area contributed by atoms with Crippen molar-refractivity contribution in [3.8, 4) is 0 Å². The van der Waals surface area contributed by atoms with E-state index in [1.807, 2.05) is 35.2 Å². The lowest BCUT2D eigenvalue weighted by Gasteiger charge is -2.11. The highest BCUT2D eigenvalue weighted by molar-refractivity contribution is 5.77. The largest absolute Gasteiger partial charge is 0.455 e. The molecular formula is C14H11N3O4. The molecule has 7 heteroatoms. The molecule has 0 fully saturated rings. The monoisotopic (exact) mass is 285 g/mol. The van der Waals surface area contributed by atoms with Crippen LogP contribution in [0.2, 0.25) is 0 Å². The first-order valence-corrected chi connectivity index (χ1v) is 6.17. The summed E-state index contributed by atoms with van der Waals surface area (Å²) in [5.41, 5.74) is 0.997. The maximum absolute atomic E-state index is 10.5. The molecule has 7 nitrogen and oxygen atoms in total. The number of anilines is 1. The molecule has 0 saturated carbocycles. The fraction of sp³-hybridized carbons (Fsp3) is 0.0714. The first-order valence-electron chi connectivity index (χ1n) is 6.17. The van der Waals surface area contributed by atoms with Gasteiger partial charge in [0.15, 0.2) is 12.5 Å². The van der Waals surface area contributed by atoms with Gasteiger partial charge in [0.2, 0.25) is 5.88 Å². The van der Waals surface area contributed by atoms with Gasteiger partial charge in [0.05, 0.1) is 18.5 Å². The molecule has 21 heavy (non-hydrogen) atoms. The van der Waals surface area contributed by atoms with Crippen molar-refractivity contribution in [1.29, 1.82) is 0 Å². The van der Waals surface area contributed by atoms with Gasteiger partial charge in [-0.15, -0.1) is 0 Å². The molecule has 0 radical (unpaired) electrons. The SMILES string of the molecule is O=[N+]([O-])c1ccc(C=NC2=CN(c3ccccc3)CO2)o1. The molecular weight excluding hydrogens is 274 g/mol. The lowest BCUT2D eigenvalue weighted by atomic mass is 10.3. The number of ether oxygens (including phenoxy) is 1. The molecule has 1 aliphatic rings. The van der Waals surface area contributed by atoms with Crippen LogP contribution < -0.4 is 4.90 Å². The van der Waals surface area contributed by atoms with E-state index < -0.39 is 4.92 Å². The van der Waals surface area contributed by atoms with E-state index in [0.717, 1.165) is 5.69 Å². The van der Waals surface area contributed by atoms with E-state index in [-0.39, 0.29) is 5.88 Å². The maximum atomic E-state index is 10.5. The Bertz CT molecular complexity index is 706. The van der Waals surface area contributed by atoms with Gasteiger partial charge in [0, 0.05) is 5.69 Å². The van der Waals surface area contributed by atoms with Crippen molar-refractivity contribution in [1.82, 2.24) is 0 Å². The van der Waals surface area contributed by atoms with E-state index in [4.69, 9.17) is 9.15 Å². The van der Waals surface area contributed by atoms with E-state index in [2.05, 4.69) is 4.99 Å². The molecule has 1 aliphatic heterocycles. The minimum absolute atomic E-state index is 0.296. The summed E-state index contributed by atoms with van der Waals surface area (Å²) in [6, 6.07) is 12.5. The molecule has 0 amide bonds. The molecule has 1 aromatic heterocycles. The molecule has 0 atom stereocenters. The zero-order valence-electron chi connectivity index (χ0n) is 10.9. The van der Waals surface area contributed by atoms with E-state index in [1.54, 1.807) is 6.20 Å². The summed E-state index contributed by atoms with van der Waals surface area (Å²) in [6.07, 6.45) is 3.14. The summed E-state index contributed by atoms with van der Waals surface area (Å²) in [5, 5.41) is 10.5. The van der Waals surface area contributed by atoms with E-state index in [9.17, 15) is 10.1 Å². The molecule has 106 valence electrons. The number of hydrogen-bond donors (Lipinski definition) is 0. The zero-order chi connectivity index (χ0) is 14.7. The standard InChI is InChI=1S/C14H11N3O4/c18-17(19)14-7-6-12(21-14)8-15-13-9-16(10-20-13)11-4-2-1-3-5-11/h1-9H,10H2. The molecule has 0 aliphatic carbocycles. The minimum Gasteiger partial charge on any atom is -0.455 e. The van der Waals surface area contributed by atoms with Crippen molar-refractivity contribution in [2.45, 2.75) is 0 Å². The zero-order valence-corrected chi connectivity index (χ0v) is 10.9. The topological polar surface area (TPSA) is 81.1 Å². The van der Waals surface area contributed by atoms with Gasteiger partial charge in [-0.2, -0.15) is 0 Å². The Balaban J connectivity index is 1.70. The van der Waals surface area contributed by atoms with Gasteiger partial charge >= 0.3 is 5.88 Å². The number of furan rings is 1. The van der Waals surface area contributed by atoms with Gasteiger partial charge < -0.3 is 14.1 Å². The smallest absolute Gasteiger partial charge is 0.433 e. The molecule has 3 rings (SSSR count). The summed E-state index contributed by atoms with van der Waals surface area (Å²) in [6.45, 7) is 0.370. The number of hydrogen-bond acceptors (Lipinski definition) is 6. The Labute approximate surface area is 119 Å². The minimum atomic E-state index is -0.597. The first-order chi connectivity index (χ1) is 10.2. The normalized spacial score (nSPS) is 14.3. The Morgan fingerprint density at radius 2 is 2.05 bits per heavy atom. The van der Waals surface area contributed by atoms with Gasteiger partial charge in [-0.1, -0.05) is 18.2 Å². The van der Waals surface area contributed by atoms with Crippen LogP contribution in [0.5, 0.6) is 0 Å². The Morgan fingerprint density at radius 1 is 1.24 bits per heavy atom. The van der Waals surface area contributed by atoms with Gasteiger partial charge in [-0.05, 0) is 18.2 Å². The maximum Gasteiger partial charge on any atom is 0.433 e. The van der Waals surface area contributed by atoms with Crippen LogP contribution in [0.25, 0.3) is 0 Å². The van der Waals surface area contributed by atoms with E-state index in [0.29, 0.717) is 18.4 Å². The Hall–Kier alpha value is -3.09. The molecule has 0 spiro atoms. The van der Waals surface area contributed by atoms with Crippen LogP contribution in [0, 0.1) is 10.1 Å². The predicted molar refractivity (Wildman–Crippen MR) is 75.9 cm³/mol. The second kappa shape index (κ2) is 5.49. The van der Waals surface area contributed by atoms with Gasteiger partial charge in [0.25, 0.3) is 0 Å². The first kappa shape index (κ1) is 12.9. The molecule has 0 N–H and O–H groups in total. The van der Waals surface area contributed by atoms with Crippen molar-refractivity contribution in [3.63, 3.8) is 0 Å². The quantitative estimate of drug-likeness (QED) is 0.490. The van der Waals surface area contributed by atoms with Crippen LogP contribution in [-0.2, 0) is 4.74 Å². The summed E-state index contributed by atoms with van der Waals surface area (Å²) in [4.78, 5) is 15.9. The summed E-state index contributed by atoms with van der Waals surface area (Å²) in [7, 11) is 0. The van der Waals surface area contributed by atoms with Crippen LogP contribution in [0.3, 0.4) is 0 Å². The number of para-hydroxylation sites is 1. The number of aliphatic imine (C=N–C) groups is 1. The molecule has 0 bridgehead atoms. The fourth-order valence-electron chi connectivity index (χ4n) is 1.82. The molecule has 2 heterocycles. The number of rotatable bonds is 4. The third-order valence-corrected chi connectivity index (χ3v) is 2.82. The van der Waals surface area contributed by atoms with Crippen LogP contribution in [0.1, 0.15) is 5.76 Å². The predicted octanol–water partition coefficient (Wildman–Crippen LogP) is 2.90. The fourth-order valence-corrected chi connectivity index (χ4v) is 1.82. The van der Waals surface area contributed by atoms with Crippen LogP contribution in [-0.4, -0.2) is 17.9 Å². The van der Waals surface area contributed by atoms with Crippen LogP contribution in [0.4, 0.5) is 11.6 Å². The summed E-state index contributed by atoms with van der Waals surface area (Å²) >= 11 is 0. The third-order valence-electron chi connectivity index (χ3n) is 2.82. The Morgan fingerprint density at radius 3 is 2.76 bits per heavy atom. The summed E-state index contributed by atoms with van der Waals surface area (Å²) < 4.78 is 10.4. The molecule has 0 unspecified atom stereocenters. The summed E-state index contributed by atoms with van der Waals surface area (Å²) in [5.74, 6) is 0.394. The van der Waals surface area contributed by atoms with Crippen LogP contribution in [0.15, 0.2) is 64.0 Å². The van der Waals surface area contributed by atoms with Crippen LogP contribution >= 0.6 is 0 Å². The molecule has 2 aromatic rings. The number of nitrogens with zero attached hydrogens (tertiary/aromatic N) is 3. The van der Waals surface area contributed by atoms with Crippen molar-refractivity contribution < 1.29 is 14.1 Å². The van der Waals surface area contributed by atoms with Gasteiger partial charge in [-0.25, -0.2) is 4.99 Å². The number of nitro groups is 1. The highest BCUT2D eigenvalue weighted by atomic mass is 16.6. The van der Waals surface area contributed by atoms with Gasteiger partial charge in [-0.3, -0.25) is 10.1 Å². The highest BCUT2D eigenvalue weighted by Crippen LogP contribution is 2.21. The molecule has 0 saturated heterocycles. The van der Waals surface area contributed by atoms with Gasteiger partial charge in [0.1, 0.15) is 4.92 Å². The van der Waals surface area contributed by atoms with E-state index in [1.165, 1.54) is 18.3 Å². The lowest BCUT2D eigenvalue weighted by Crippen LogP contribution is -2.12. The number of benzene rings is 1. The van der Waals surface area contributed by atoms with E-state index >= 15 is 0 Å². The average Bonchev–Trinajstić information content (AvgIpc) is 3.15. The lowest BCUT2D eigenvalue weighted by molar-refractivity contribution is -0.402. The van der Waals surface area contributed by atoms with Crippen molar-refractivity contribution >= 4 is 17.8 Å². The van der Waals surface area contributed by atoms with Crippen molar-refractivity contribution in [2.24, 2.45) is 4.99 Å². The van der Waals surface area contributed by atoms with Crippen molar-refractivity contribution in [3.05, 3.63) is 70.4 Å². The second-order valence-electron chi connectivity index (χ2n) is 4.24. The second-order valence-corrected chi connectivity index (χ2v) is 4.24. The molecule has 1 aromatic carbocycles. The third kappa shape index (κ3) is 2.92. The highest BCUT2D eigenvalue weighted by Gasteiger charge is 2.14. The van der Waals surface area contributed by atoms with Crippen molar-refractivity contribution in [2.75, 3.05) is 11.6 Å². The Kier molecular flexibility index (Phi) is 3.38.